The zero-order chi connectivity index (χ0) is 12.5. The van der Waals surface area contributed by atoms with Gasteiger partial charge in [0.1, 0.15) is 0 Å². The van der Waals surface area contributed by atoms with Crippen LogP contribution in [-0.2, 0) is 0 Å². The summed E-state index contributed by atoms with van der Waals surface area (Å²) in [5.74, 6) is -0.0303. The second-order valence-electron chi connectivity index (χ2n) is 4.73. The van der Waals surface area contributed by atoms with E-state index in [-0.39, 0.29) is 5.91 Å². The highest BCUT2D eigenvalue weighted by Gasteiger charge is 2.41. The molecule has 1 aromatic rings. The Hall–Kier alpha value is -0.540. The number of carbonyl (C=O) groups excluding carboxylic acids is 1. The minimum absolute atomic E-state index is 0.0303. The van der Waals surface area contributed by atoms with Gasteiger partial charge in [0.15, 0.2) is 0 Å². The maximum absolute atomic E-state index is 12.0. The maximum atomic E-state index is 12.0. The van der Waals surface area contributed by atoms with Crippen LogP contribution in [0.5, 0.6) is 0 Å². The van der Waals surface area contributed by atoms with Crippen LogP contribution < -0.4 is 5.32 Å². The molecule has 0 atom stereocenters. The van der Waals surface area contributed by atoms with Crippen LogP contribution >= 0.6 is 27.5 Å². The summed E-state index contributed by atoms with van der Waals surface area (Å²) in [6.45, 7) is 2.61. The third-order valence-corrected chi connectivity index (χ3v) is 4.98. The zero-order valence-corrected chi connectivity index (χ0v) is 12.1. The van der Waals surface area contributed by atoms with Crippen LogP contribution in [0.4, 0.5) is 0 Å². The summed E-state index contributed by atoms with van der Waals surface area (Å²) >= 11 is 9.49. The predicted molar refractivity (Wildman–Crippen MR) is 74.0 cm³/mol. The van der Waals surface area contributed by atoms with Crippen molar-refractivity contribution in [3.63, 3.8) is 0 Å². The summed E-state index contributed by atoms with van der Waals surface area (Å²) in [5.41, 5.74) is 1.81. The number of rotatable bonds is 4. The lowest BCUT2D eigenvalue weighted by Gasteiger charge is -2.13. The third-order valence-electron chi connectivity index (χ3n) is 3.38. The Morgan fingerprint density at radius 2 is 2.24 bits per heavy atom. The highest BCUT2D eigenvalue weighted by Crippen LogP contribution is 2.46. The summed E-state index contributed by atoms with van der Waals surface area (Å²) in [6, 6.07) is 5.42. The average molecular weight is 317 g/mol. The van der Waals surface area contributed by atoms with Crippen LogP contribution in [0.1, 0.15) is 28.8 Å². The van der Waals surface area contributed by atoms with E-state index in [0.717, 1.165) is 17.4 Å². The predicted octanol–water partition coefficient (Wildman–Crippen LogP) is 3.55. The van der Waals surface area contributed by atoms with Crippen LogP contribution in [0.2, 0.25) is 5.02 Å². The maximum Gasteiger partial charge on any atom is 0.251 e. The lowest BCUT2D eigenvalue weighted by molar-refractivity contribution is 0.0946. The fourth-order valence-corrected chi connectivity index (χ4v) is 2.68. The first-order valence-electron chi connectivity index (χ1n) is 5.67. The van der Waals surface area contributed by atoms with Gasteiger partial charge < -0.3 is 5.32 Å². The van der Waals surface area contributed by atoms with E-state index < -0.39 is 0 Å². The van der Waals surface area contributed by atoms with Crippen LogP contribution in [-0.4, -0.2) is 17.8 Å². The largest absolute Gasteiger partial charge is 0.351 e. The molecule has 1 saturated carbocycles. The third kappa shape index (κ3) is 2.83. The van der Waals surface area contributed by atoms with Crippen molar-refractivity contribution in [2.24, 2.45) is 5.41 Å². The quantitative estimate of drug-likeness (QED) is 0.846. The number of halogens is 2. The molecule has 2 nitrogen and oxygen atoms in total. The Labute approximate surface area is 115 Å². The normalized spacial score (nSPS) is 16.6. The Kier molecular flexibility index (Phi) is 3.79. The first-order valence-corrected chi connectivity index (χ1v) is 7.17. The molecule has 1 aliphatic rings. The highest BCUT2D eigenvalue weighted by molar-refractivity contribution is 9.09. The lowest BCUT2D eigenvalue weighted by atomic mass is 10.1. The molecule has 0 saturated heterocycles. The molecule has 4 heteroatoms. The monoisotopic (exact) mass is 315 g/mol. The van der Waals surface area contributed by atoms with Gasteiger partial charge >= 0.3 is 0 Å². The van der Waals surface area contributed by atoms with Gasteiger partial charge in [0, 0.05) is 22.5 Å². The number of benzene rings is 1. The molecule has 0 heterocycles. The topological polar surface area (TPSA) is 29.1 Å². The molecule has 1 aliphatic carbocycles. The molecule has 0 bridgehead atoms. The van der Waals surface area contributed by atoms with E-state index >= 15 is 0 Å². The van der Waals surface area contributed by atoms with Gasteiger partial charge in [-0.1, -0.05) is 33.6 Å². The van der Waals surface area contributed by atoms with Crippen molar-refractivity contribution in [2.45, 2.75) is 19.8 Å². The molecular formula is C13H15BrClNO. The summed E-state index contributed by atoms with van der Waals surface area (Å²) in [5, 5.41) is 4.58. The standard InChI is InChI=1S/C13H15BrClNO/c1-9-10(3-2-4-11(9)15)12(17)16-8-13(7-14)5-6-13/h2-4H,5-8H2,1H3,(H,16,17). The number of hydrogen-bond donors (Lipinski definition) is 1. The summed E-state index contributed by atoms with van der Waals surface area (Å²) in [4.78, 5) is 12.0. The van der Waals surface area contributed by atoms with Crippen LogP contribution in [0, 0.1) is 12.3 Å². The molecule has 0 aromatic heterocycles. The second kappa shape index (κ2) is 4.99. The first-order chi connectivity index (χ1) is 8.08. The van der Waals surface area contributed by atoms with Crippen LogP contribution in [0.15, 0.2) is 18.2 Å². The van der Waals surface area contributed by atoms with Crippen molar-refractivity contribution in [3.05, 3.63) is 34.3 Å². The highest BCUT2D eigenvalue weighted by atomic mass is 79.9. The van der Waals surface area contributed by atoms with E-state index in [1.54, 1.807) is 6.07 Å². The first kappa shape index (κ1) is 12.9. The molecule has 0 radical (unpaired) electrons. The van der Waals surface area contributed by atoms with Gasteiger partial charge in [-0.05, 0) is 42.9 Å². The average Bonchev–Trinajstić information content (AvgIpc) is 3.10. The summed E-state index contributed by atoms with van der Waals surface area (Å²) in [7, 11) is 0. The molecule has 0 unspecified atom stereocenters. The van der Waals surface area contributed by atoms with Crippen molar-refractivity contribution < 1.29 is 4.79 Å². The van der Waals surface area contributed by atoms with Gasteiger partial charge in [0.05, 0.1) is 0 Å². The molecule has 2 rings (SSSR count). The number of amides is 1. The second-order valence-corrected chi connectivity index (χ2v) is 5.70. The van der Waals surface area contributed by atoms with Crippen LogP contribution in [0.25, 0.3) is 0 Å². The molecule has 0 spiro atoms. The minimum atomic E-state index is -0.0303. The number of hydrogen-bond acceptors (Lipinski definition) is 1. The molecular weight excluding hydrogens is 302 g/mol. The minimum Gasteiger partial charge on any atom is -0.351 e. The fraction of sp³-hybridized carbons (Fsp3) is 0.462. The molecule has 1 N–H and O–H groups in total. The van der Waals surface area contributed by atoms with E-state index in [2.05, 4.69) is 21.2 Å². The zero-order valence-electron chi connectivity index (χ0n) is 9.72. The van der Waals surface area contributed by atoms with Gasteiger partial charge in [-0.2, -0.15) is 0 Å². The Morgan fingerprint density at radius 3 is 2.82 bits per heavy atom. The lowest BCUT2D eigenvalue weighted by Crippen LogP contribution is -2.31. The molecule has 92 valence electrons. The van der Waals surface area contributed by atoms with E-state index in [1.807, 2.05) is 19.1 Å². The van der Waals surface area contributed by atoms with Gasteiger partial charge in [-0.15, -0.1) is 0 Å². The van der Waals surface area contributed by atoms with E-state index in [1.165, 1.54) is 12.8 Å². The van der Waals surface area contributed by atoms with Crippen LogP contribution in [0.3, 0.4) is 0 Å². The van der Waals surface area contributed by atoms with Crippen molar-refractivity contribution in [2.75, 3.05) is 11.9 Å². The van der Waals surface area contributed by atoms with Gasteiger partial charge in [-0.3, -0.25) is 4.79 Å². The molecule has 17 heavy (non-hydrogen) atoms. The molecule has 0 aliphatic heterocycles. The molecule has 1 amide bonds. The SMILES string of the molecule is Cc1c(Cl)cccc1C(=O)NCC1(CBr)CC1. The summed E-state index contributed by atoms with van der Waals surface area (Å²) in [6.07, 6.45) is 2.38. The Balaban J connectivity index is 2.02. The van der Waals surface area contributed by atoms with Gasteiger partial charge in [0.2, 0.25) is 0 Å². The fourth-order valence-electron chi connectivity index (χ4n) is 1.75. The van der Waals surface area contributed by atoms with E-state index in [9.17, 15) is 4.79 Å². The molecule has 1 aromatic carbocycles. The Bertz CT molecular complexity index is 443. The van der Waals surface area contributed by atoms with Crippen molar-refractivity contribution >= 4 is 33.4 Å². The van der Waals surface area contributed by atoms with Gasteiger partial charge in [-0.25, -0.2) is 0 Å². The van der Waals surface area contributed by atoms with Crippen molar-refractivity contribution in [1.29, 1.82) is 0 Å². The van der Waals surface area contributed by atoms with Crippen molar-refractivity contribution in [1.82, 2.24) is 5.32 Å². The van der Waals surface area contributed by atoms with Gasteiger partial charge in [0.25, 0.3) is 5.91 Å². The number of carbonyl (C=O) groups is 1. The number of alkyl halides is 1. The number of nitrogens with one attached hydrogen (secondary N) is 1. The summed E-state index contributed by atoms with van der Waals surface area (Å²) < 4.78 is 0. The Morgan fingerprint density at radius 1 is 1.53 bits per heavy atom. The molecule has 1 fully saturated rings. The smallest absolute Gasteiger partial charge is 0.251 e. The van der Waals surface area contributed by atoms with E-state index in [4.69, 9.17) is 11.6 Å². The van der Waals surface area contributed by atoms with Crippen molar-refractivity contribution in [3.8, 4) is 0 Å². The van der Waals surface area contributed by atoms with E-state index in [0.29, 0.717) is 16.0 Å².